The number of thiol groups is 1. The van der Waals surface area contributed by atoms with Gasteiger partial charge in [0.05, 0.1) is 13.2 Å². The summed E-state index contributed by atoms with van der Waals surface area (Å²) < 4.78 is 17.7. The van der Waals surface area contributed by atoms with Gasteiger partial charge in [0.2, 0.25) is 0 Å². The van der Waals surface area contributed by atoms with Crippen LogP contribution in [-0.4, -0.2) is 37.5 Å². The summed E-state index contributed by atoms with van der Waals surface area (Å²) in [4.78, 5) is 0. The van der Waals surface area contributed by atoms with Crippen molar-refractivity contribution in [2.45, 2.75) is 116 Å². The standard InChI is InChI=1S/C22H44O3S/c1-3-4-5-6-7-8-9-10-11-12-13-16-22(2)24-20-21(25-22)19-23-17-14-15-18-26/h21,26H,3-20H2,1-2H3. The van der Waals surface area contributed by atoms with Gasteiger partial charge in [-0.25, -0.2) is 0 Å². The van der Waals surface area contributed by atoms with Crippen LogP contribution in [0, 0.1) is 0 Å². The van der Waals surface area contributed by atoms with Crippen molar-refractivity contribution in [2.24, 2.45) is 0 Å². The third-order valence-corrected chi connectivity index (χ3v) is 5.54. The highest BCUT2D eigenvalue weighted by atomic mass is 32.1. The van der Waals surface area contributed by atoms with Crippen molar-refractivity contribution in [2.75, 3.05) is 25.6 Å². The quantitative estimate of drug-likeness (QED) is 0.213. The van der Waals surface area contributed by atoms with Crippen molar-refractivity contribution in [1.82, 2.24) is 0 Å². The molecule has 0 bridgehead atoms. The molecule has 1 rings (SSSR count). The van der Waals surface area contributed by atoms with E-state index in [1.807, 2.05) is 0 Å². The lowest BCUT2D eigenvalue weighted by atomic mass is 10.0. The molecule has 2 unspecified atom stereocenters. The Hall–Kier alpha value is 0.230. The summed E-state index contributed by atoms with van der Waals surface area (Å²) in [5.74, 6) is 0.543. The molecular formula is C22H44O3S. The van der Waals surface area contributed by atoms with Gasteiger partial charge in [0, 0.05) is 13.0 Å². The molecule has 0 saturated carbocycles. The second-order valence-corrected chi connectivity index (χ2v) is 8.42. The minimum atomic E-state index is -0.390. The molecule has 156 valence electrons. The molecule has 1 aliphatic heterocycles. The third-order valence-electron chi connectivity index (χ3n) is 5.23. The molecule has 0 radical (unpaired) electrons. The van der Waals surface area contributed by atoms with Gasteiger partial charge in [-0.3, -0.25) is 0 Å². The summed E-state index contributed by atoms with van der Waals surface area (Å²) in [5, 5.41) is 0. The first-order valence-electron chi connectivity index (χ1n) is 11.2. The van der Waals surface area contributed by atoms with Crippen molar-refractivity contribution in [3.8, 4) is 0 Å². The second kappa shape index (κ2) is 16.2. The molecule has 1 aliphatic rings. The highest BCUT2D eigenvalue weighted by Gasteiger charge is 2.36. The summed E-state index contributed by atoms with van der Waals surface area (Å²) >= 11 is 4.21. The van der Waals surface area contributed by atoms with Crippen molar-refractivity contribution in [3.63, 3.8) is 0 Å². The third kappa shape index (κ3) is 12.6. The summed E-state index contributed by atoms with van der Waals surface area (Å²) in [6, 6.07) is 0. The Morgan fingerprint density at radius 1 is 0.885 bits per heavy atom. The second-order valence-electron chi connectivity index (χ2n) is 7.98. The topological polar surface area (TPSA) is 27.7 Å². The van der Waals surface area contributed by atoms with Crippen molar-refractivity contribution >= 4 is 12.6 Å². The first-order valence-corrected chi connectivity index (χ1v) is 11.8. The van der Waals surface area contributed by atoms with Crippen LogP contribution in [0.25, 0.3) is 0 Å². The normalized spacial score (nSPS) is 23.0. The predicted octanol–water partition coefficient (Wildman–Crippen LogP) is 6.55. The van der Waals surface area contributed by atoms with E-state index in [-0.39, 0.29) is 6.10 Å². The summed E-state index contributed by atoms with van der Waals surface area (Å²) in [7, 11) is 0. The van der Waals surface area contributed by atoms with E-state index < -0.39 is 5.79 Å². The van der Waals surface area contributed by atoms with Crippen LogP contribution in [0.2, 0.25) is 0 Å². The van der Waals surface area contributed by atoms with E-state index in [0.29, 0.717) is 13.2 Å². The average Bonchev–Trinajstić information content (AvgIpc) is 3.01. The molecule has 0 aromatic rings. The Morgan fingerprint density at radius 3 is 2.12 bits per heavy atom. The zero-order valence-corrected chi connectivity index (χ0v) is 18.4. The summed E-state index contributed by atoms with van der Waals surface area (Å²) in [6.07, 6.45) is 18.4. The zero-order valence-electron chi connectivity index (χ0n) is 17.5. The van der Waals surface area contributed by atoms with Gasteiger partial charge in [0.15, 0.2) is 5.79 Å². The molecule has 4 heteroatoms. The molecule has 0 aromatic heterocycles. The van der Waals surface area contributed by atoms with E-state index in [1.54, 1.807) is 0 Å². The number of hydrogen-bond acceptors (Lipinski definition) is 4. The number of ether oxygens (including phenoxy) is 3. The van der Waals surface area contributed by atoms with E-state index in [0.717, 1.165) is 31.6 Å². The van der Waals surface area contributed by atoms with Crippen LogP contribution < -0.4 is 0 Å². The molecular weight excluding hydrogens is 344 g/mol. The number of hydrogen-bond donors (Lipinski definition) is 1. The van der Waals surface area contributed by atoms with Crippen LogP contribution in [0.3, 0.4) is 0 Å². The molecule has 1 fully saturated rings. The fourth-order valence-electron chi connectivity index (χ4n) is 3.54. The lowest BCUT2D eigenvalue weighted by Crippen LogP contribution is -2.28. The predicted molar refractivity (Wildman–Crippen MR) is 114 cm³/mol. The molecule has 1 heterocycles. The lowest BCUT2D eigenvalue weighted by molar-refractivity contribution is -0.164. The maximum atomic E-state index is 6.08. The van der Waals surface area contributed by atoms with Gasteiger partial charge in [-0.05, 0) is 31.9 Å². The van der Waals surface area contributed by atoms with Gasteiger partial charge in [-0.2, -0.15) is 12.6 Å². The Balaban J connectivity index is 1.91. The minimum Gasteiger partial charge on any atom is -0.379 e. The smallest absolute Gasteiger partial charge is 0.166 e. The fourth-order valence-corrected chi connectivity index (χ4v) is 3.77. The molecule has 26 heavy (non-hydrogen) atoms. The summed E-state index contributed by atoms with van der Waals surface area (Å²) in [5.41, 5.74) is 0. The molecule has 3 nitrogen and oxygen atoms in total. The van der Waals surface area contributed by atoms with E-state index in [2.05, 4.69) is 26.5 Å². The molecule has 1 saturated heterocycles. The van der Waals surface area contributed by atoms with E-state index >= 15 is 0 Å². The Kier molecular flexibility index (Phi) is 15.1. The maximum Gasteiger partial charge on any atom is 0.166 e. The van der Waals surface area contributed by atoms with Crippen LogP contribution in [-0.2, 0) is 14.2 Å². The first-order chi connectivity index (χ1) is 12.7. The first kappa shape index (κ1) is 24.3. The van der Waals surface area contributed by atoms with Crippen LogP contribution in [0.15, 0.2) is 0 Å². The zero-order chi connectivity index (χ0) is 18.9. The van der Waals surface area contributed by atoms with E-state index in [9.17, 15) is 0 Å². The van der Waals surface area contributed by atoms with Gasteiger partial charge in [-0.1, -0.05) is 71.1 Å². The number of unbranched alkanes of at least 4 members (excludes halogenated alkanes) is 11. The molecule has 0 aromatic carbocycles. The SMILES string of the molecule is CCCCCCCCCCCCCC1(C)OCC(COCCCCS)O1. The largest absolute Gasteiger partial charge is 0.379 e. The van der Waals surface area contributed by atoms with Gasteiger partial charge in [0.25, 0.3) is 0 Å². The molecule has 0 N–H and O–H groups in total. The lowest BCUT2D eigenvalue weighted by Gasteiger charge is -2.23. The van der Waals surface area contributed by atoms with Gasteiger partial charge in [0.1, 0.15) is 6.10 Å². The van der Waals surface area contributed by atoms with Crippen molar-refractivity contribution < 1.29 is 14.2 Å². The van der Waals surface area contributed by atoms with Crippen LogP contribution >= 0.6 is 12.6 Å². The van der Waals surface area contributed by atoms with Crippen molar-refractivity contribution in [1.29, 1.82) is 0 Å². The van der Waals surface area contributed by atoms with E-state index in [4.69, 9.17) is 14.2 Å². The van der Waals surface area contributed by atoms with Crippen molar-refractivity contribution in [3.05, 3.63) is 0 Å². The minimum absolute atomic E-state index is 0.101. The monoisotopic (exact) mass is 388 g/mol. The Bertz CT molecular complexity index is 314. The fraction of sp³-hybridized carbons (Fsp3) is 1.00. The van der Waals surface area contributed by atoms with Crippen LogP contribution in [0.1, 0.15) is 104 Å². The van der Waals surface area contributed by atoms with E-state index in [1.165, 1.54) is 70.6 Å². The number of rotatable bonds is 18. The van der Waals surface area contributed by atoms with Gasteiger partial charge < -0.3 is 14.2 Å². The summed E-state index contributed by atoms with van der Waals surface area (Å²) in [6.45, 7) is 6.49. The Morgan fingerprint density at radius 2 is 1.50 bits per heavy atom. The Labute approximate surface area is 168 Å². The van der Waals surface area contributed by atoms with Gasteiger partial charge in [-0.15, -0.1) is 0 Å². The van der Waals surface area contributed by atoms with Gasteiger partial charge >= 0.3 is 0 Å². The maximum absolute atomic E-state index is 6.08. The molecule has 0 aliphatic carbocycles. The molecule has 0 spiro atoms. The highest BCUT2D eigenvalue weighted by Crippen LogP contribution is 2.29. The molecule has 0 amide bonds. The average molecular weight is 389 g/mol. The molecule has 2 atom stereocenters. The van der Waals surface area contributed by atoms with Crippen LogP contribution in [0.4, 0.5) is 0 Å². The van der Waals surface area contributed by atoms with Crippen LogP contribution in [0.5, 0.6) is 0 Å². The highest BCUT2D eigenvalue weighted by molar-refractivity contribution is 7.80.